The zero-order chi connectivity index (χ0) is 11.5. The van der Waals surface area contributed by atoms with Gasteiger partial charge in [-0.1, -0.05) is 12.8 Å². The number of aromatic nitrogens is 1. The van der Waals surface area contributed by atoms with Crippen molar-refractivity contribution < 1.29 is 0 Å². The predicted molar refractivity (Wildman–Crippen MR) is 65.9 cm³/mol. The quantitative estimate of drug-likeness (QED) is 0.600. The van der Waals surface area contributed by atoms with Crippen LogP contribution < -0.4 is 10.6 Å². The van der Waals surface area contributed by atoms with Gasteiger partial charge < -0.3 is 10.6 Å². The van der Waals surface area contributed by atoms with Crippen molar-refractivity contribution in [3.63, 3.8) is 0 Å². The summed E-state index contributed by atoms with van der Waals surface area (Å²) in [7, 11) is 2.07. The average molecular weight is 218 g/mol. The van der Waals surface area contributed by atoms with Crippen LogP contribution >= 0.6 is 0 Å². The second-order valence-electron chi connectivity index (χ2n) is 4.36. The fourth-order valence-corrected chi connectivity index (χ4v) is 2.38. The minimum absolute atomic E-state index is 0.113. The second kappa shape index (κ2) is 4.51. The number of nitrogens with zero attached hydrogens (tertiary/aromatic N) is 2. The normalized spacial score (nSPS) is 16.3. The molecule has 1 aromatic heterocycles. The molecule has 1 aromatic rings. The van der Waals surface area contributed by atoms with Crippen molar-refractivity contribution in [2.45, 2.75) is 31.7 Å². The zero-order valence-corrected chi connectivity index (χ0v) is 9.61. The first-order valence-electron chi connectivity index (χ1n) is 5.71. The fourth-order valence-electron chi connectivity index (χ4n) is 2.38. The minimum atomic E-state index is 0.113. The Morgan fingerprint density at radius 1 is 1.50 bits per heavy atom. The number of nitrogens with one attached hydrogen (secondary N) is 1. The molecule has 4 nitrogen and oxygen atoms in total. The summed E-state index contributed by atoms with van der Waals surface area (Å²) in [6.07, 6.45) is 8.53. The molecule has 0 aliphatic heterocycles. The van der Waals surface area contributed by atoms with Gasteiger partial charge in [0.1, 0.15) is 5.84 Å². The Kier molecular flexibility index (Phi) is 3.08. The lowest BCUT2D eigenvalue weighted by atomic mass is 10.1. The molecule has 86 valence electrons. The molecule has 0 bridgehead atoms. The molecule has 0 radical (unpaired) electrons. The molecule has 1 fully saturated rings. The molecule has 16 heavy (non-hydrogen) atoms. The summed E-state index contributed by atoms with van der Waals surface area (Å²) in [5.74, 6) is 0.113. The van der Waals surface area contributed by atoms with Crippen molar-refractivity contribution in [1.29, 1.82) is 5.41 Å². The molecule has 1 aliphatic rings. The topological polar surface area (TPSA) is 66.0 Å². The minimum Gasteiger partial charge on any atom is -0.384 e. The second-order valence-corrected chi connectivity index (χ2v) is 4.36. The molecule has 0 atom stereocenters. The summed E-state index contributed by atoms with van der Waals surface area (Å²) in [4.78, 5) is 6.35. The highest BCUT2D eigenvalue weighted by Crippen LogP contribution is 2.28. The van der Waals surface area contributed by atoms with Crippen LogP contribution in [0.1, 0.15) is 31.2 Å². The molecular weight excluding hydrogens is 200 g/mol. The average Bonchev–Trinajstić information content (AvgIpc) is 2.81. The molecule has 0 amide bonds. The Labute approximate surface area is 96.0 Å². The molecule has 0 aromatic carbocycles. The highest BCUT2D eigenvalue weighted by Gasteiger charge is 2.22. The van der Waals surface area contributed by atoms with Gasteiger partial charge in [-0.2, -0.15) is 0 Å². The SMILES string of the molecule is CN(c1cnccc1C(=N)N)C1CCCC1. The Hall–Kier alpha value is -1.58. The van der Waals surface area contributed by atoms with E-state index < -0.39 is 0 Å². The maximum absolute atomic E-state index is 7.56. The third kappa shape index (κ3) is 2.01. The van der Waals surface area contributed by atoms with Gasteiger partial charge in [0.25, 0.3) is 0 Å². The summed E-state index contributed by atoms with van der Waals surface area (Å²) in [6.45, 7) is 0. The Morgan fingerprint density at radius 2 is 2.19 bits per heavy atom. The van der Waals surface area contributed by atoms with Crippen LogP contribution in [0.15, 0.2) is 18.5 Å². The maximum atomic E-state index is 7.56. The van der Waals surface area contributed by atoms with E-state index in [1.165, 1.54) is 25.7 Å². The van der Waals surface area contributed by atoms with E-state index in [1.54, 1.807) is 12.4 Å². The maximum Gasteiger partial charge on any atom is 0.125 e. The van der Waals surface area contributed by atoms with Crippen LogP contribution in [0.2, 0.25) is 0 Å². The molecular formula is C12H18N4. The largest absolute Gasteiger partial charge is 0.384 e. The fraction of sp³-hybridized carbons (Fsp3) is 0.500. The third-order valence-electron chi connectivity index (χ3n) is 3.34. The van der Waals surface area contributed by atoms with Crippen LogP contribution in [0, 0.1) is 5.41 Å². The van der Waals surface area contributed by atoms with E-state index >= 15 is 0 Å². The van der Waals surface area contributed by atoms with Gasteiger partial charge >= 0.3 is 0 Å². The molecule has 1 aliphatic carbocycles. The monoisotopic (exact) mass is 218 g/mol. The first-order chi connectivity index (χ1) is 7.70. The number of hydrogen-bond donors (Lipinski definition) is 2. The van der Waals surface area contributed by atoms with E-state index in [0.717, 1.165) is 11.3 Å². The summed E-state index contributed by atoms with van der Waals surface area (Å²) >= 11 is 0. The first kappa shape index (κ1) is 10.9. The van der Waals surface area contributed by atoms with Crippen LogP contribution in [-0.4, -0.2) is 23.9 Å². The standard InChI is InChI=1S/C12H18N4/c1-16(9-4-2-3-5-9)11-8-15-7-6-10(11)12(13)14/h6-9H,2-5H2,1H3,(H3,13,14). The smallest absolute Gasteiger partial charge is 0.125 e. The molecule has 0 saturated heterocycles. The highest BCUT2D eigenvalue weighted by molar-refractivity contribution is 6.00. The van der Waals surface area contributed by atoms with Gasteiger partial charge in [0.05, 0.1) is 11.9 Å². The van der Waals surface area contributed by atoms with Crippen molar-refractivity contribution in [3.05, 3.63) is 24.0 Å². The van der Waals surface area contributed by atoms with E-state index in [-0.39, 0.29) is 5.84 Å². The number of nitrogen functional groups attached to an aromatic ring is 1. The van der Waals surface area contributed by atoms with E-state index in [4.69, 9.17) is 11.1 Å². The highest BCUT2D eigenvalue weighted by atomic mass is 15.1. The molecule has 0 unspecified atom stereocenters. The summed E-state index contributed by atoms with van der Waals surface area (Å²) in [6, 6.07) is 2.38. The van der Waals surface area contributed by atoms with Crippen LogP contribution in [0.3, 0.4) is 0 Å². The molecule has 0 spiro atoms. The molecule has 1 saturated carbocycles. The molecule has 2 rings (SSSR count). The van der Waals surface area contributed by atoms with E-state index in [9.17, 15) is 0 Å². The van der Waals surface area contributed by atoms with Gasteiger partial charge in [-0.15, -0.1) is 0 Å². The molecule has 4 heteroatoms. The van der Waals surface area contributed by atoms with Crippen molar-refractivity contribution in [1.82, 2.24) is 4.98 Å². The number of anilines is 1. The van der Waals surface area contributed by atoms with Gasteiger partial charge in [-0.25, -0.2) is 0 Å². The Bertz CT molecular complexity index is 382. The number of amidine groups is 1. The van der Waals surface area contributed by atoms with Gasteiger partial charge in [0, 0.05) is 24.8 Å². The summed E-state index contributed by atoms with van der Waals surface area (Å²) in [5.41, 5.74) is 7.34. The Balaban J connectivity index is 2.27. The third-order valence-corrected chi connectivity index (χ3v) is 3.34. The van der Waals surface area contributed by atoms with Crippen LogP contribution in [0.25, 0.3) is 0 Å². The van der Waals surface area contributed by atoms with E-state index in [1.807, 2.05) is 6.07 Å². The van der Waals surface area contributed by atoms with Gasteiger partial charge in [0.15, 0.2) is 0 Å². The molecule has 3 N–H and O–H groups in total. The van der Waals surface area contributed by atoms with Crippen molar-refractivity contribution >= 4 is 11.5 Å². The first-order valence-corrected chi connectivity index (χ1v) is 5.71. The van der Waals surface area contributed by atoms with E-state index in [0.29, 0.717) is 6.04 Å². The lowest BCUT2D eigenvalue weighted by Gasteiger charge is -2.27. The van der Waals surface area contributed by atoms with E-state index in [2.05, 4.69) is 16.9 Å². The van der Waals surface area contributed by atoms with Crippen molar-refractivity contribution in [2.24, 2.45) is 5.73 Å². The number of nitrogens with two attached hydrogens (primary N) is 1. The number of rotatable bonds is 3. The number of pyridine rings is 1. The van der Waals surface area contributed by atoms with Gasteiger partial charge in [-0.3, -0.25) is 10.4 Å². The van der Waals surface area contributed by atoms with Crippen LogP contribution in [-0.2, 0) is 0 Å². The summed E-state index contributed by atoms with van der Waals surface area (Å²) in [5, 5.41) is 7.56. The van der Waals surface area contributed by atoms with Crippen LogP contribution in [0.5, 0.6) is 0 Å². The predicted octanol–water partition coefficient (Wildman–Crippen LogP) is 1.74. The lowest BCUT2D eigenvalue weighted by Crippen LogP contribution is -2.31. The summed E-state index contributed by atoms with van der Waals surface area (Å²) < 4.78 is 0. The van der Waals surface area contributed by atoms with Crippen LogP contribution in [0.4, 0.5) is 5.69 Å². The Morgan fingerprint density at radius 3 is 2.81 bits per heavy atom. The van der Waals surface area contributed by atoms with Crippen molar-refractivity contribution in [2.75, 3.05) is 11.9 Å². The lowest BCUT2D eigenvalue weighted by molar-refractivity contribution is 0.652. The zero-order valence-electron chi connectivity index (χ0n) is 9.61. The van der Waals surface area contributed by atoms with Gasteiger partial charge in [0.2, 0.25) is 0 Å². The van der Waals surface area contributed by atoms with Crippen molar-refractivity contribution in [3.8, 4) is 0 Å². The van der Waals surface area contributed by atoms with Gasteiger partial charge in [-0.05, 0) is 18.9 Å². The number of hydrogen-bond acceptors (Lipinski definition) is 3. The molecule has 1 heterocycles.